The third-order valence-corrected chi connectivity index (χ3v) is 3.75. The minimum Gasteiger partial charge on any atom is -0.491 e. The van der Waals surface area contributed by atoms with Crippen molar-refractivity contribution in [2.75, 3.05) is 39.3 Å². The molecule has 1 fully saturated rings. The SMILES string of the molecule is CC(=O)N1CCN(CC(O)COc2ccc(C)cc2)CC1. The maximum atomic E-state index is 11.2. The molecule has 1 aromatic rings. The molecule has 5 nitrogen and oxygen atoms in total. The van der Waals surface area contributed by atoms with Crippen LogP contribution >= 0.6 is 0 Å². The lowest BCUT2D eigenvalue weighted by Gasteiger charge is -2.35. The number of ether oxygens (including phenoxy) is 1. The van der Waals surface area contributed by atoms with Crippen molar-refractivity contribution in [2.45, 2.75) is 20.0 Å². The predicted molar refractivity (Wildman–Crippen MR) is 81.4 cm³/mol. The molecule has 21 heavy (non-hydrogen) atoms. The number of aliphatic hydroxyl groups excluding tert-OH is 1. The van der Waals surface area contributed by atoms with Crippen molar-refractivity contribution in [1.82, 2.24) is 9.80 Å². The number of aliphatic hydroxyl groups is 1. The largest absolute Gasteiger partial charge is 0.491 e. The Hall–Kier alpha value is -1.59. The van der Waals surface area contributed by atoms with Crippen molar-refractivity contribution in [2.24, 2.45) is 0 Å². The molecule has 0 spiro atoms. The molecule has 1 heterocycles. The molecule has 1 aliphatic rings. The van der Waals surface area contributed by atoms with E-state index in [0.717, 1.165) is 31.9 Å². The van der Waals surface area contributed by atoms with Gasteiger partial charge in [-0.15, -0.1) is 0 Å². The summed E-state index contributed by atoms with van der Waals surface area (Å²) in [5, 5.41) is 10.0. The van der Waals surface area contributed by atoms with Crippen LogP contribution in [0, 0.1) is 6.92 Å². The quantitative estimate of drug-likeness (QED) is 0.876. The Bertz CT molecular complexity index is 453. The molecule has 0 radical (unpaired) electrons. The van der Waals surface area contributed by atoms with Gasteiger partial charge in [-0.25, -0.2) is 0 Å². The van der Waals surface area contributed by atoms with Crippen molar-refractivity contribution >= 4 is 5.91 Å². The Morgan fingerprint density at radius 1 is 1.24 bits per heavy atom. The Labute approximate surface area is 126 Å². The van der Waals surface area contributed by atoms with E-state index < -0.39 is 6.10 Å². The molecule has 1 amide bonds. The number of carbonyl (C=O) groups is 1. The molecule has 1 saturated heterocycles. The first kappa shape index (κ1) is 15.8. The van der Waals surface area contributed by atoms with Gasteiger partial charge in [0.2, 0.25) is 5.91 Å². The van der Waals surface area contributed by atoms with Crippen LogP contribution in [0.25, 0.3) is 0 Å². The second-order valence-electron chi connectivity index (χ2n) is 5.58. The molecule has 1 aromatic carbocycles. The summed E-state index contributed by atoms with van der Waals surface area (Å²) in [6, 6.07) is 7.80. The first-order valence-corrected chi connectivity index (χ1v) is 7.40. The van der Waals surface area contributed by atoms with E-state index in [4.69, 9.17) is 4.74 Å². The van der Waals surface area contributed by atoms with E-state index >= 15 is 0 Å². The molecule has 0 aromatic heterocycles. The molecule has 0 aliphatic carbocycles. The van der Waals surface area contributed by atoms with Crippen LogP contribution in [-0.2, 0) is 4.79 Å². The highest BCUT2D eigenvalue weighted by Crippen LogP contribution is 2.12. The summed E-state index contributed by atoms with van der Waals surface area (Å²) in [5.41, 5.74) is 1.19. The number of carbonyl (C=O) groups excluding carboxylic acids is 1. The maximum Gasteiger partial charge on any atom is 0.219 e. The van der Waals surface area contributed by atoms with Crippen LogP contribution in [0.2, 0.25) is 0 Å². The van der Waals surface area contributed by atoms with Crippen molar-refractivity contribution < 1.29 is 14.6 Å². The molecule has 0 bridgehead atoms. The second kappa shape index (κ2) is 7.43. The summed E-state index contributed by atoms with van der Waals surface area (Å²) in [4.78, 5) is 15.3. The Morgan fingerprint density at radius 3 is 2.43 bits per heavy atom. The van der Waals surface area contributed by atoms with Gasteiger partial charge < -0.3 is 14.7 Å². The lowest BCUT2D eigenvalue weighted by Crippen LogP contribution is -2.50. The van der Waals surface area contributed by atoms with E-state index in [2.05, 4.69) is 4.90 Å². The standard InChI is InChI=1S/C16H24N2O3/c1-13-3-5-16(6-4-13)21-12-15(20)11-17-7-9-18(10-8-17)14(2)19/h3-6,15,20H,7-12H2,1-2H3. The van der Waals surface area contributed by atoms with Gasteiger partial charge in [0.25, 0.3) is 0 Å². The number of aryl methyl sites for hydroxylation is 1. The zero-order valence-corrected chi connectivity index (χ0v) is 12.8. The Balaban J connectivity index is 1.69. The molecule has 2 rings (SSSR count). The van der Waals surface area contributed by atoms with Crippen molar-refractivity contribution in [3.8, 4) is 5.75 Å². The Morgan fingerprint density at radius 2 is 1.86 bits per heavy atom. The van der Waals surface area contributed by atoms with Crippen LogP contribution in [0.1, 0.15) is 12.5 Å². The van der Waals surface area contributed by atoms with Crippen molar-refractivity contribution in [3.63, 3.8) is 0 Å². The van der Waals surface area contributed by atoms with Gasteiger partial charge in [0, 0.05) is 39.6 Å². The number of hydrogen-bond donors (Lipinski definition) is 1. The zero-order valence-electron chi connectivity index (χ0n) is 12.8. The fourth-order valence-corrected chi connectivity index (χ4v) is 2.42. The van der Waals surface area contributed by atoms with E-state index in [9.17, 15) is 9.90 Å². The normalized spacial score (nSPS) is 17.6. The first-order chi connectivity index (χ1) is 10.0. The molecule has 116 valence electrons. The van der Waals surface area contributed by atoms with Crippen LogP contribution in [0.3, 0.4) is 0 Å². The molecular weight excluding hydrogens is 268 g/mol. The van der Waals surface area contributed by atoms with Gasteiger partial charge >= 0.3 is 0 Å². The van der Waals surface area contributed by atoms with Crippen molar-refractivity contribution in [1.29, 1.82) is 0 Å². The summed E-state index contributed by atoms with van der Waals surface area (Å²) in [7, 11) is 0. The minimum absolute atomic E-state index is 0.123. The summed E-state index contributed by atoms with van der Waals surface area (Å²) < 4.78 is 5.58. The van der Waals surface area contributed by atoms with Crippen LogP contribution in [-0.4, -0.2) is 66.2 Å². The number of piperazine rings is 1. The molecule has 0 saturated carbocycles. The molecule has 1 unspecified atom stereocenters. The van der Waals surface area contributed by atoms with Crippen molar-refractivity contribution in [3.05, 3.63) is 29.8 Å². The summed E-state index contributed by atoms with van der Waals surface area (Å²) >= 11 is 0. The highest BCUT2D eigenvalue weighted by molar-refractivity contribution is 5.73. The fraction of sp³-hybridized carbons (Fsp3) is 0.562. The molecular formula is C16H24N2O3. The third-order valence-electron chi connectivity index (χ3n) is 3.75. The summed E-state index contributed by atoms with van der Waals surface area (Å²) in [6.45, 7) is 7.58. The highest BCUT2D eigenvalue weighted by atomic mass is 16.5. The zero-order chi connectivity index (χ0) is 15.2. The summed E-state index contributed by atoms with van der Waals surface area (Å²) in [6.07, 6.45) is -0.518. The van der Waals surface area contributed by atoms with Gasteiger partial charge in [-0.2, -0.15) is 0 Å². The van der Waals surface area contributed by atoms with Gasteiger partial charge in [-0.1, -0.05) is 17.7 Å². The monoisotopic (exact) mass is 292 g/mol. The lowest BCUT2D eigenvalue weighted by molar-refractivity contribution is -0.130. The van der Waals surface area contributed by atoms with Gasteiger partial charge in [-0.05, 0) is 19.1 Å². The van der Waals surface area contributed by atoms with E-state index in [1.54, 1.807) is 6.92 Å². The van der Waals surface area contributed by atoms with E-state index in [1.807, 2.05) is 36.1 Å². The molecule has 1 N–H and O–H groups in total. The van der Waals surface area contributed by atoms with Crippen LogP contribution in [0.15, 0.2) is 24.3 Å². The second-order valence-corrected chi connectivity index (χ2v) is 5.58. The number of β-amino-alcohol motifs (C(OH)–C–C–N with tert-alkyl or cyclic N) is 1. The minimum atomic E-state index is -0.518. The number of benzene rings is 1. The van der Waals surface area contributed by atoms with Gasteiger partial charge in [-0.3, -0.25) is 9.69 Å². The average Bonchev–Trinajstić information content (AvgIpc) is 2.47. The fourth-order valence-electron chi connectivity index (χ4n) is 2.42. The summed E-state index contributed by atoms with van der Waals surface area (Å²) in [5.74, 6) is 0.902. The number of amides is 1. The van der Waals surface area contributed by atoms with Crippen LogP contribution in [0.5, 0.6) is 5.75 Å². The number of hydrogen-bond acceptors (Lipinski definition) is 4. The van der Waals surface area contributed by atoms with Gasteiger partial charge in [0.15, 0.2) is 0 Å². The number of nitrogens with zero attached hydrogens (tertiary/aromatic N) is 2. The Kier molecular flexibility index (Phi) is 5.59. The topological polar surface area (TPSA) is 53.0 Å². The smallest absolute Gasteiger partial charge is 0.219 e. The molecule has 1 atom stereocenters. The third kappa shape index (κ3) is 5.02. The van der Waals surface area contributed by atoms with Gasteiger partial charge in [0.05, 0.1) is 0 Å². The van der Waals surface area contributed by atoms with Crippen LogP contribution in [0.4, 0.5) is 0 Å². The van der Waals surface area contributed by atoms with E-state index in [0.29, 0.717) is 6.54 Å². The van der Waals surface area contributed by atoms with E-state index in [1.165, 1.54) is 5.56 Å². The highest BCUT2D eigenvalue weighted by Gasteiger charge is 2.20. The average molecular weight is 292 g/mol. The molecule has 5 heteroatoms. The predicted octanol–water partition coefficient (Wildman–Crippen LogP) is 0.899. The maximum absolute atomic E-state index is 11.2. The molecule has 1 aliphatic heterocycles. The van der Waals surface area contributed by atoms with Gasteiger partial charge in [0.1, 0.15) is 18.5 Å². The first-order valence-electron chi connectivity index (χ1n) is 7.40. The lowest BCUT2D eigenvalue weighted by atomic mass is 10.2. The van der Waals surface area contributed by atoms with E-state index in [-0.39, 0.29) is 12.5 Å². The van der Waals surface area contributed by atoms with Crippen LogP contribution < -0.4 is 4.74 Å². The number of rotatable bonds is 5.